The minimum absolute atomic E-state index is 0.279. The Labute approximate surface area is 43.8 Å². The molecule has 0 spiro atoms. The van der Waals surface area contributed by atoms with E-state index in [1.807, 2.05) is 0 Å². The first-order valence-corrected chi connectivity index (χ1v) is 2.50. The Bertz CT molecular complexity index is 179. The van der Waals surface area contributed by atoms with E-state index in [4.69, 9.17) is 0 Å². The van der Waals surface area contributed by atoms with E-state index in [1.165, 1.54) is 6.07 Å². The van der Waals surface area contributed by atoms with Crippen molar-refractivity contribution in [1.29, 1.82) is 0 Å². The fourth-order valence-electron chi connectivity index (χ4n) is 0.213. The van der Waals surface area contributed by atoms with Crippen LogP contribution in [-0.2, 0) is 0 Å². The Morgan fingerprint density at radius 3 is 2.86 bits per heavy atom. The molecule has 0 unspecified atom stereocenters. The second-order valence-electron chi connectivity index (χ2n) is 0.928. The van der Waals surface area contributed by atoms with Crippen molar-refractivity contribution < 1.29 is 0 Å². The van der Waals surface area contributed by atoms with Gasteiger partial charge in [0.2, 0.25) is 0 Å². The van der Waals surface area contributed by atoms with Crippen molar-refractivity contribution in [3.8, 4) is 0 Å². The highest BCUT2D eigenvalue weighted by molar-refractivity contribution is 7.03. The number of nitrogens with zero attached hydrogens (tertiary/aromatic N) is 2. The molecule has 1 aromatic rings. The molecule has 0 bridgehead atoms. The van der Waals surface area contributed by atoms with Crippen LogP contribution in [0.4, 0.5) is 0 Å². The lowest BCUT2D eigenvalue weighted by molar-refractivity contribution is 1.07. The first kappa shape index (κ1) is 4.39. The normalized spacial score (nSPS) is 8.57. The third-order valence-corrected chi connectivity index (χ3v) is 0.892. The van der Waals surface area contributed by atoms with Crippen LogP contribution in [0.15, 0.2) is 16.2 Å². The molecule has 0 aliphatic carbocycles. The van der Waals surface area contributed by atoms with Crippen molar-refractivity contribution in [1.82, 2.24) is 9.59 Å². The summed E-state index contributed by atoms with van der Waals surface area (Å²) in [5, 5.41) is 4.78. The predicted octanol–water partition coefficient (Wildman–Crippen LogP) is -0.102. The van der Waals surface area contributed by atoms with E-state index >= 15 is 0 Å². The largest absolute Gasteiger partial charge is 0.290 e. The molecular weight excluding hydrogens is 112 g/mol. The molecule has 3 nitrogen and oxygen atoms in total. The molecule has 0 N–H and O–H groups in total. The van der Waals surface area contributed by atoms with E-state index in [-0.39, 0.29) is 5.56 Å². The molecule has 7 heavy (non-hydrogen) atoms. The monoisotopic (exact) mass is 114 g/mol. The van der Waals surface area contributed by atoms with Crippen molar-refractivity contribution in [2.45, 2.75) is 0 Å². The van der Waals surface area contributed by atoms with Crippen LogP contribution < -0.4 is 5.56 Å². The zero-order valence-corrected chi connectivity index (χ0v) is 4.18. The third kappa shape index (κ3) is 1.04. The van der Waals surface area contributed by atoms with Gasteiger partial charge in [-0.05, 0) is 11.5 Å². The molecule has 1 heterocycles. The topological polar surface area (TPSA) is 42.9 Å². The molecule has 4 heteroatoms. The fourth-order valence-corrected chi connectivity index (χ4v) is 0.572. The van der Waals surface area contributed by atoms with Crippen molar-refractivity contribution in [2.24, 2.45) is 0 Å². The van der Waals surface area contributed by atoms with Crippen LogP contribution in [0.25, 0.3) is 0 Å². The Kier molecular flexibility index (Phi) is 1.12. The molecule has 1 rings (SSSR count). The minimum atomic E-state index is -0.279. The molecule has 0 amide bonds. The summed E-state index contributed by atoms with van der Waals surface area (Å²) in [6, 6.07) is 1.37. The summed E-state index contributed by atoms with van der Waals surface area (Å²) in [6.45, 7) is 0. The van der Waals surface area contributed by atoms with Crippen LogP contribution in [-0.4, -0.2) is 9.59 Å². The van der Waals surface area contributed by atoms with Gasteiger partial charge in [-0.1, -0.05) is 9.59 Å². The first-order valence-electron chi connectivity index (χ1n) is 1.67. The van der Waals surface area contributed by atoms with Gasteiger partial charge in [0, 0.05) is 11.4 Å². The predicted molar refractivity (Wildman–Crippen MR) is 26.2 cm³/mol. The zero-order valence-electron chi connectivity index (χ0n) is 3.37. The average molecular weight is 114 g/mol. The summed E-state index contributed by atoms with van der Waals surface area (Å²) in [7, 11) is 0. The van der Waals surface area contributed by atoms with Crippen molar-refractivity contribution in [2.75, 3.05) is 0 Å². The Hall–Kier alpha value is -0.770. The Morgan fingerprint density at radius 2 is 2.57 bits per heavy atom. The van der Waals surface area contributed by atoms with Gasteiger partial charge in [0.15, 0.2) is 0 Å². The lowest BCUT2D eigenvalue weighted by Crippen LogP contribution is -2.01. The maximum absolute atomic E-state index is 10.1. The van der Waals surface area contributed by atoms with Crippen LogP contribution in [0.5, 0.6) is 0 Å². The lowest BCUT2D eigenvalue weighted by Gasteiger charge is -1.67. The molecular formula is C3H2N2OS. The van der Waals surface area contributed by atoms with Crippen molar-refractivity contribution in [3.63, 3.8) is 0 Å². The number of hydrogen-bond acceptors (Lipinski definition) is 4. The maximum Gasteiger partial charge on any atom is 0.290 e. The molecule has 36 valence electrons. The summed E-state index contributed by atoms with van der Waals surface area (Å²) in [6.07, 6.45) is 0. The van der Waals surface area contributed by atoms with Gasteiger partial charge in [0.1, 0.15) is 0 Å². The number of rotatable bonds is 0. The zero-order chi connectivity index (χ0) is 5.11. The van der Waals surface area contributed by atoms with Crippen LogP contribution >= 0.6 is 11.5 Å². The van der Waals surface area contributed by atoms with Gasteiger partial charge in [-0.2, -0.15) is 0 Å². The molecule has 0 fully saturated rings. The molecule has 0 aromatic carbocycles. The highest BCUT2D eigenvalue weighted by atomic mass is 32.1. The Morgan fingerprint density at radius 1 is 1.71 bits per heavy atom. The minimum Gasteiger partial charge on any atom is -0.266 e. The molecule has 0 aliphatic rings. The number of aromatic nitrogens is 2. The summed E-state index contributed by atoms with van der Waals surface area (Å²) >= 11 is 1.16. The summed E-state index contributed by atoms with van der Waals surface area (Å²) < 4.78 is 3.36. The van der Waals surface area contributed by atoms with Crippen LogP contribution in [0.1, 0.15) is 0 Å². The summed E-state index contributed by atoms with van der Waals surface area (Å²) in [4.78, 5) is 10.1. The summed E-state index contributed by atoms with van der Waals surface area (Å²) in [5.41, 5.74) is -0.279. The Balaban J connectivity index is 3.28. The van der Waals surface area contributed by atoms with Gasteiger partial charge in [0.05, 0.1) is 0 Å². The van der Waals surface area contributed by atoms with Crippen LogP contribution in [0.2, 0.25) is 0 Å². The third-order valence-electron chi connectivity index (χ3n) is 0.458. The molecule has 1 aromatic heterocycles. The second kappa shape index (κ2) is 1.79. The molecule has 0 saturated heterocycles. The van der Waals surface area contributed by atoms with Crippen molar-refractivity contribution in [3.05, 3.63) is 21.8 Å². The highest BCUT2D eigenvalue weighted by Crippen LogP contribution is 1.74. The van der Waals surface area contributed by atoms with E-state index in [0.29, 0.717) is 0 Å². The summed E-state index contributed by atoms with van der Waals surface area (Å²) in [5.74, 6) is 0. The average Bonchev–Trinajstić information content (AvgIpc) is 1.69. The molecule has 0 saturated carbocycles. The number of hydrogen-bond donors (Lipinski definition) is 0. The second-order valence-corrected chi connectivity index (χ2v) is 1.57. The van der Waals surface area contributed by atoms with Crippen LogP contribution in [0, 0.1) is 0 Å². The van der Waals surface area contributed by atoms with Gasteiger partial charge in [-0.15, -0.1) is 0 Å². The quantitative estimate of drug-likeness (QED) is 0.473. The maximum atomic E-state index is 10.1. The standard InChI is InChI=1S/C3H2N2OS/c6-3-1-2-7-5-4-3/h1-2H. The van der Waals surface area contributed by atoms with E-state index in [9.17, 15) is 4.79 Å². The van der Waals surface area contributed by atoms with Crippen LogP contribution in [0.3, 0.4) is 0 Å². The molecule has 0 aliphatic heterocycles. The smallest absolute Gasteiger partial charge is 0.266 e. The van der Waals surface area contributed by atoms with Gasteiger partial charge >= 0.3 is 0 Å². The van der Waals surface area contributed by atoms with Gasteiger partial charge in [-0.3, -0.25) is 4.79 Å². The first-order chi connectivity index (χ1) is 3.39. The van der Waals surface area contributed by atoms with Gasteiger partial charge in [-0.25, -0.2) is 0 Å². The molecule has 0 radical (unpaired) electrons. The van der Waals surface area contributed by atoms with Gasteiger partial charge < -0.3 is 0 Å². The van der Waals surface area contributed by atoms with E-state index in [2.05, 4.69) is 9.59 Å². The van der Waals surface area contributed by atoms with Gasteiger partial charge in [0.25, 0.3) is 5.56 Å². The molecule has 0 atom stereocenters. The van der Waals surface area contributed by atoms with E-state index < -0.39 is 0 Å². The fraction of sp³-hybridized carbons (Fsp3) is 0. The lowest BCUT2D eigenvalue weighted by atomic mass is 10.8. The SMILES string of the molecule is O=c1ccsnn1. The van der Waals surface area contributed by atoms with E-state index in [0.717, 1.165) is 11.5 Å². The van der Waals surface area contributed by atoms with E-state index in [1.54, 1.807) is 5.38 Å². The highest BCUT2D eigenvalue weighted by Gasteiger charge is 1.74. The van der Waals surface area contributed by atoms with Crippen molar-refractivity contribution >= 4 is 11.5 Å².